The van der Waals surface area contributed by atoms with Crippen LogP contribution >= 0.6 is 0 Å². The zero-order valence-corrected chi connectivity index (χ0v) is 10.7. The fraction of sp³-hybridized carbons (Fsp3) is 0.571. The lowest BCUT2D eigenvalue weighted by Gasteiger charge is -2.41. The van der Waals surface area contributed by atoms with E-state index in [-0.39, 0.29) is 17.5 Å². The predicted molar refractivity (Wildman–Crippen MR) is 67.7 cm³/mol. The lowest BCUT2D eigenvalue weighted by atomic mass is 9.82. The summed E-state index contributed by atoms with van der Waals surface area (Å²) in [5.41, 5.74) is 6.86. The highest BCUT2D eigenvalue weighted by molar-refractivity contribution is 5.23. The molecular formula is C14H20FNO2. The van der Waals surface area contributed by atoms with E-state index in [1.54, 1.807) is 12.1 Å². The van der Waals surface area contributed by atoms with E-state index >= 15 is 0 Å². The summed E-state index contributed by atoms with van der Waals surface area (Å²) in [5, 5.41) is 0. The maximum Gasteiger partial charge on any atom is 0.123 e. The van der Waals surface area contributed by atoms with E-state index in [2.05, 4.69) is 0 Å². The molecule has 1 atom stereocenters. The monoisotopic (exact) mass is 253 g/mol. The summed E-state index contributed by atoms with van der Waals surface area (Å²) in [6.07, 6.45) is 1.55. The summed E-state index contributed by atoms with van der Waals surface area (Å²) in [6.45, 7) is 3.91. The number of halogens is 1. The van der Waals surface area contributed by atoms with Crippen molar-refractivity contribution in [2.45, 2.75) is 31.4 Å². The van der Waals surface area contributed by atoms with Crippen LogP contribution in [-0.4, -0.2) is 25.4 Å². The molecule has 18 heavy (non-hydrogen) atoms. The van der Waals surface area contributed by atoms with Gasteiger partial charge in [0.25, 0.3) is 0 Å². The number of benzene rings is 1. The third kappa shape index (κ3) is 2.71. The Labute approximate surface area is 107 Å². The average Bonchev–Trinajstić information content (AvgIpc) is 2.40. The number of hydrogen-bond acceptors (Lipinski definition) is 3. The molecule has 3 nitrogen and oxygen atoms in total. The summed E-state index contributed by atoms with van der Waals surface area (Å²) >= 11 is 0. The Kier molecular flexibility index (Phi) is 4.32. The van der Waals surface area contributed by atoms with Crippen LogP contribution in [0.1, 0.15) is 31.4 Å². The van der Waals surface area contributed by atoms with Crippen LogP contribution < -0.4 is 5.73 Å². The van der Waals surface area contributed by atoms with Crippen molar-refractivity contribution in [1.29, 1.82) is 0 Å². The molecule has 1 unspecified atom stereocenters. The Balaban J connectivity index is 2.21. The molecule has 4 heteroatoms. The Morgan fingerprint density at radius 2 is 1.94 bits per heavy atom. The van der Waals surface area contributed by atoms with Crippen molar-refractivity contribution < 1.29 is 13.9 Å². The minimum Gasteiger partial charge on any atom is -0.381 e. The molecule has 0 aliphatic carbocycles. The summed E-state index contributed by atoms with van der Waals surface area (Å²) < 4.78 is 24.2. The van der Waals surface area contributed by atoms with E-state index in [4.69, 9.17) is 15.2 Å². The lowest BCUT2D eigenvalue weighted by molar-refractivity contribution is -0.121. The number of ether oxygens (including phenoxy) is 2. The molecule has 2 rings (SSSR count). The molecule has 0 aromatic heterocycles. The molecule has 0 radical (unpaired) electrons. The second-order valence-corrected chi connectivity index (χ2v) is 4.64. The quantitative estimate of drug-likeness (QED) is 0.896. The van der Waals surface area contributed by atoms with Crippen molar-refractivity contribution in [2.75, 3.05) is 19.8 Å². The molecule has 100 valence electrons. The Bertz CT molecular complexity index is 368. The molecule has 1 fully saturated rings. The highest BCUT2D eigenvalue weighted by Gasteiger charge is 2.40. The maximum atomic E-state index is 12.9. The zero-order chi connectivity index (χ0) is 13.0. The van der Waals surface area contributed by atoms with Crippen LogP contribution in [0.25, 0.3) is 0 Å². The van der Waals surface area contributed by atoms with Gasteiger partial charge in [0.15, 0.2) is 0 Å². The predicted octanol–water partition coefficient (Wildman–Crippen LogP) is 2.41. The molecule has 1 aromatic carbocycles. The molecule has 1 saturated heterocycles. The second kappa shape index (κ2) is 5.78. The first-order chi connectivity index (χ1) is 8.68. The van der Waals surface area contributed by atoms with Crippen LogP contribution in [-0.2, 0) is 9.47 Å². The molecule has 0 saturated carbocycles. The maximum absolute atomic E-state index is 12.9. The Morgan fingerprint density at radius 3 is 2.50 bits per heavy atom. The van der Waals surface area contributed by atoms with Crippen LogP contribution in [0.5, 0.6) is 0 Å². The fourth-order valence-electron chi connectivity index (χ4n) is 2.52. The van der Waals surface area contributed by atoms with Gasteiger partial charge in [0.05, 0.1) is 11.6 Å². The molecular weight excluding hydrogens is 233 g/mol. The van der Waals surface area contributed by atoms with E-state index in [9.17, 15) is 4.39 Å². The Morgan fingerprint density at radius 1 is 1.33 bits per heavy atom. The van der Waals surface area contributed by atoms with E-state index in [0.29, 0.717) is 19.8 Å². The van der Waals surface area contributed by atoms with Crippen molar-refractivity contribution in [3.63, 3.8) is 0 Å². The molecule has 2 N–H and O–H groups in total. The highest BCUT2D eigenvalue weighted by Crippen LogP contribution is 2.36. The molecule has 1 aliphatic rings. The first kappa shape index (κ1) is 13.5. The third-order valence-corrected chi connectivity index (χ3v) is 3.57. The van der Waals surface area contributed by atoms with Gasteiger partial charge in [0.2, 0.25) is 0 Å². The first-order valence-corrected chi connectivity index (χ1v) is 6.41. The van der Waals surface area contributed by atoms with Crippen LogP contribution in [0, 0.1) is 5.82 Å². The molecule has 0 bridgehead atoms. The van der Waals surface area contributed by atoms with E-state index in [1.807, 2.05) is 6.92 Å². The molecule has 0 spiro atoms. The van der Waals surface area contributed by atoms with Crippen molar-refractivity contribution in [3.05, 3.63) is 35.6 Å². The van der Waals surface area contributed by atoms with Gasteiger partial charge in [-0.2, -0.15) is 0 Å². The average molecular weight is 253 g/mol. The largest absolute Gasteiger partial charge is 0.381 e. The van der Waals surface area contributed by atoms with Gasteiger partial charge < -0.3 is 15.2 Å². The van der Waals surface area contributed by atoms with Crippen LogP contribution in [0.4, 0.5) is 4.39 Å². The smallest absolute Gasteiger partial charge is 0.123 e. The first-order valence-electron chi connectivity index (χ1n) is 6.41. The number of hydrogen-bond donors (Lipinski definition) is 1. The zero-order valence-electron chi connectivity index (χ0n) is 10.7. The third-order valence-electron chi connectivity index (χ3n) is 3.57. The van der Waals surface area contributed by atoms with Gasteiger partial charge in [0, 0.05) is 32.7 Å². The normalized spacial score (nSPS) is 20.6. The number of nitrogens with two attached hydrogens (primary N) is 1. The van der Waals surface area contributed by atoms with E-state index in [0.717, 1.165) is 18.4 Å². The van der Waals surface area contributed by atoms with Gasteiger partial charge in [-0.25, -0.2) is 4.39 Å². The van der Waals surface area contributed by atoms with Gasteiger partial charge >= 0.3 is 0 Å². The van der Waals surface area contributed by atoms with Crippen molar-refractivity contribution in [1.82, 2.24) is 0 Å². The standard InChI is InChI=1S/C14H20FNO2/c1-2-18-14(7-9-17-10-8-14)13(16)11-3-5-12(15)6-4-11/h3-6,13H,2,7-10,16H2,1H3. The van der Waals surface area contributed by atoms with E-state index < -0.39 is 0 Å². The minimum atomic E-state index is -0.384. The summed E-state index contributed by atoms with van der Waals surface area (Å²) in [4.78, 5) is 0. The topological polar surface area (TPSA) is 44.5 Å². The number of rotatable bonds is 4. The van der Waals surface area contributed by atoms with E-state index in [1.165, 1.54) is 12.1 Å². The van der Waals surface area contributed by atoms with Crippen molar-refractivity contribution in [3.8, 4) is 0 Å². The highest BCUT2D eigenvalue weighted by atomic mass is 19.1. The molecule has 1 aromatic rings. The van der Waals surface area contributed by atoms with Gasteiger partial charge in [-0.15, -0.1) is 0 Å². The Hall–Kier alpha value is -0.970. The lowest BCUT2D eigenvalue weighted by Crippen LogP contribution is -2.48. The summed E-state index contributed by atoms with van der Waals surface area (Å²) in [7, 11) is 0. The summed E-state index contributed by atoms with van der Waals surface area (Å²) in [5.74, 6) is -0.247. The van der Waals surface area contributed by atoms with Crippen LogP contribution in [0.3, 0.4) is 0 Å². The fourth-order valence-corrected chi connectivity index (χ4v) is 2.52. The minimum absolute atomic E-state index is 0.247. The van der Waals surface area contributed by atoms with Crippen molar-refractivity contribution in [2.24, 2.45) is 5.73 Å². The van der Waals surface area contributed by atoms with Crippen molar-refractivity contribution >= 4 is 0 Å². The SMILES string of the molecule is CCOC1(C(N)c2ccc(F)cc2)CCOCC1. The molecule has 0 amide bonds. The van der Waals surface area contributed by atoms with Gasteiger partial charge in [0.1, 0.15) is 5.82 Å². The summed E-state index contributed by atoms with van der Waals surface area (Å²) in [6, 6.07) is 6.09. The van der Waals surface area contributed by atoms with Crippen LogP contribution in [0.15, 0.2) is 24.3 Å². The second-order valence-electron chi connectivity index (χ2n) is 4.64. The molecule has 1 heterocycles. The van der Waals surface area contributed by atoms with Gasteiger partial charge in [-0.05, 0) is 24.6 Å². The van der Waals surface area contributed by atoms with Gasteiger partial charge in [-0.3, -0.25) is 0 Å². The van der Waals surface area contributed by atoms with Gasteiger partial charge in [-0.1, -0.05) is 12.1 Å². The van der Waals surface area contributed by atoms with Crippen LogP contribution in [0.2, 0.25) is 0 Å². The molecule has 1 aliphatic heterocycles.